The van der Waals surface area contributed by atoms with Gasteiger partial charge in [-0.25, -0.2) is 18.5 Å². The number of sulfonamides is 1. The molecule has 0 saturated heterocycles. The minimum Gasteiger partial charge on any atom is -0.322 e. The molecule has 0 bridgehead atoms. The zero-order valence-electron chi connectivity index (χ0n) is 10.4. The van der Waals surface area contributed by atoms with Gasteiger partial charge >= 0.3 is 0 Å². The fraction of sp³-hybridized carbons (Fsp3) is 0. The smallest absolute Gasteiger partial charge is 0.258 e. The summed E-state index contributed by atoms with van der Waals surface area (Å²) in [5, 5.41) is 7.63. The van der Waals surface area contributed by atoms with E-state index in [0.717, 1.165) is 0 Å². The summed E-state index contributed by atoms with van der Waals surface area (Å²) in [6, 6.07) is 8.37. The van der Waals surface area contributed by atoms with Gasteiger partial charge in [0.1, 0.15) is 10.3 Å². The van der Waals surface area contributed by atoms with Crippen molar-refractivity contribution in [1.82, 2.24) is 4.98 Å². The number of nitrogens with two attached hydrogens (primary N) is 1. The summed E-state index contributed by atoms with van der Waals surface area (Å²) in [5.74, 6) is -0.546. The fourth-order valence-electron chi connectivity index (χ4n) is 1.53. The first-order valence-electron chi connectivity index (χ1n) is 5.53. The normalized spacial score (nSPS) is 11.2. The zero-order chi connectivity index (χ0) is 15.6. The van der Waals surface area contributed by atoms with E-state index in [1.165, 1.54) is 36.4 Å². The summed E-state index contributed by atoms with van der Waals surface area (Å²) in [7, 11) is -3.85. The van der Waals surface area contributed by atoms with Gasteiger partial charge in [0.2, 0.25) is 10.0 Å². The topological polar surface area (TPSA) is 102 Å². The number of hydrogen-bond acceptors (Lipinski definition) is 4. The molecule has 1 amide bonds. The highest BCUT2D eigenvalue weighted by Gasteiger charge is 2.14. The van der Waals surface area contributed by atoms with Crippen molar-refractivity contribution in [3.05, 3.63) is 52.3 Å². The van der Waals surface area contributed by atoms with Crippen molar-refractivity contribution in [2.75, 3.05) is 5.32 Å². The number of nitrogens with zero attached hydrogens (tertiary/aromatic N) is 1. The second-order valence-corrected chi connectivity index (χ2v) is 6.31. The van der Waals surface area contributed by atoms with Crippen molar-refractivity contribution >= 4 is 44.8 Å². The van der Waals surface area contributed by atoms with Gasteiger partial charge < -0.3 is 5.32 Å². The number of halogens is 2. The first kappa shape index (κ1) is 15.7. The van der Waals surface area contributed by atoms with Crippen LogP contribution in [0.1, 0.15) is 10.4 Å². The highest BCUT2D eigenvalue weighted by atomic mass is 35.5. The molecule has 3 N–H and O–H groups in total. The van der Waals surface area contributed by atoms with Crippen LogP contribution in [0.5, 0.6) is 0 Å². The van der Waals surface area contributed by atoms with E-state index in [1.54, 1.807) is 0 Å². The minimum absolute atomic E-state index is 0.0531. The molecule has 2 rings (SSSR count). The van der Waals surface area contributed by atoms with Crippen LogP contribution in [-0.2, 0) is 10.0 Å². The molecule has 6 nitrogen and oxygen atoms in total. The third-order valence-corrected chi connectivity index (χ3v) is 3.89. The van der Waals surface area contributed by atoms with Gasteiger partial charge in [0.15, 0.2) is 0 Å². The van der Waals surface area contributed by atoms with Gasteiger partial charge in [0.25, 0.3) is 5.91 Å². The Labute approximate surface area is 130 Å². The third-order valence-electron chi connectivity index (χ3n) is 2.48. The number of primary sulfonamides is 1. The van der Waals surface area contributed by atoms with Crippen LogP contribution in [0.3, 0.4) is 0 Å². The number of carbonyl (C=O) groups excluding carboxylic acids is 1. The van der Waals surface area contributed by atoms with E-state index in [9.17, 15) is 13.2 Å². The summed E-state index contributed by atoms with van der Waals surface area (Å²) in [6.45, 7) is 0. The minimum atomic E-state index is -3.85. The molecule has 0 aliphatic heterocycles. The summed E-state index contributed by atoms with van der Waals surface area (Å²) < 4.78 is 22.5. The second-order valence-electron chi connectivity index (χ2n) is 4.00. The Bertz CT molecular complexity index is 809. The van der Waals surface area contributed by atoms with Gasteiger partial charge in [-0.3, -0.25) is 4.79 Å². The summed E-state index contributed by atoms with van der Waals surface area (Å²) >= 11 is 11.5. The van der Waals surface area contributed by atoms with E-state index in [2.05, 4.69) is 10.3 Å². The van der Waals surface area contributed by atoms with E-state index in [1.807, 2.05) is 0 Å². The lowest BCUT2D eigenvalue weighted by atomic mass is 10.2. The molecule has 0 fully saturated rings. The van der Waals surface area contributed by atoms with Crippen molar-refractivity contribution in [2.24, 2.45) is 5.14 Å². The van der Waals surface area contributed by atoms with Gasteiger partial charge in [0, 0.05) is 5.69 Å². The SMILES string of the molecule is NS(=O)(=O)c1cccc(NC(=O)c2ccc(Cl)nc2Cl)c1. The summed E-state index contributed by atoms with van der Waals surface area (Å²) in [6.07, 6.45) is 0. The molecular weight excluding hydrogens is 337 g/mol. The fourth-order valence-corrected chi connectivity index (χ4v) is 2.52. The van der Waals surface area contributed by atoms with Gasteiger partial charge in [0.05, 0.1) is 10.5 Å². The molecule has 0 atom stereocenters. The number of hydrogen-bond donors (Lipinski definition) is 2. The summed E-state index contributed by atoms with van der Waals surface area (Å²) in [4.78, 5) is 15.7. The average molecular weight is 346 g/mol. The van der Waals surface area contributed by atoms with Gasteiger partial charge in [-0.15, -0.1) is 0 Å². The zero-order valence-corrected chi connectivity index (χ0v) is 12.7. The molecule has 0 unspecified atom stereocenters. The first-order valence-corrected chi connectivity index (χ1v) is 7.84. The standard InChI is InChI=1S/C12H9Cl2N3O3S/c13-10-5-4-9(11(14)17-10)12(18)16-7-2-1-3-8(6-7)21(15,19)20/h1-6H,(H,16,18)(H2,15,19,20). The number of anilines is 1. The van der Waals surface area contributed by atoms with Crippen LogP contribution in [0.4, 0.5) is 5.69 Å². The molecule has 0 aliphatic rings. The molecule has 110 valence electrons. The molecule has 9 heteroatoms. The van der Waals surface area contributed by atoms with E-state index < -0.39 is 15.9 Å². The number of carbonyl (C=O) groups is 1. The molecule has 2 aromatic rings. The van der Waals surface area contributed by atoms with Crippen molar-refractivity contribution in [3.63, 3.8) is 0 Å². The van der Waals surface area contributed by atoms with E-state index >= 15 is 0 Å². The molecule has 0 saturated carbocycles. The lowest BCUT2D eigenvalue weighted by molar-refractivity contribution is 0.102. The second kappa shape index (κ2) is 5.98. The molecule has 0 aliphatic carbocycles. The average Bonchev–Trinajstić information content (AvgIpc) is 2.37. The number of rotatable bonds is 3. The number of amides is 1. The maximum absolute atomic E-state index is 12.0. The predicted molar refractivity (Wildman–Crippen MR) is 80.0 cm³/mol. The Balaban J connectivity index is 2.28. The monoisotopic (exact) mass is 345 g/mol. The summed E-state index contributed by atoms with van der Waals surface area (Å²) in [5.41, 5.74) is 0.375. The van der Waals surface area contributed by atoms with E-state index in [4.69, 9.17) is 28.3 Å². The van der Waals surface area contributed by atoms with Crippen molar-refractivity contribution in [3.8, 4) is 0 Å². The molecule has 21 heavy (non-hydrogen) atoms. The predicted octanol–water partition coefficient (Wildman–Crippen LogP) is 2.29. The lowest BCUT2D eigenvalue weighted by Crippen LogP contribution is -2.15. The van der Waals surface area contributed by atoms with Gasteiger partial charge in [-0.2, -0.15) is 0 Å². The Hall–Kier alpha value is -1.67. The van der Waals surface area contributed by atoms with Crippen LogP contribution in [0.2, 0.25) is 10.3 Å². The van der Waals surface area contributed by atoms with Crippen molar-refractivity contribution < 1.29 is 13.2 Å². The highest BCUT2D eigenvalue weighted by Crippen LogP contribution is 2.19. The third kappa shape index (κ3) is 3.92. The molecule has 0 radical (unpaired) electrons. The Kier molecular flexibility index (Phi) is 4.48. The Morgan fingerprint density at radius 3 is 2.52 bits per heavy atom. The lowest BCUT2D eigenvalue weighted by Gasteiger charge is -2.07. The molecular formula is C12H9Cl2N3O3S. The Morgan fingerprint density at radius 2 is 1.90 bits per heavy atom. The molecule has 1 heterocycles. The highest BCUT2D eigenvalue weighted by molar-refractivity contribution is 7.89. The van der Waals surface area contributed by atoms with Crippen molar-refractivity contribution in [2.45, 2.75) is 4.90 Å². The van der Waals surface area contributed by atoms with Crippen LogP contribution >= 0.6 is 23.2 Å². The Morgan fingerprint density at radius 1 is 1.19 bits per heavy atom. The van der Waals surface area contributed by atoms with Crippen LogP contribution in [0, 0.1) is 0 Å². The van der Waals surface area contributed by atoms with Gasteiger partial charge in [-0.1, -0.05) is 29.3 Å². The molecule has 1 aromatic carbocycles. The van der Waals surface area contributed by atoms with E-state index in [0.29, 0.717) is 0 Å². The van der Waals surface area contributed by atoms with Gasteiger partial charge in [-0.05, 0) is 30.3 Å². The number of nitrogens with one attached hydrogen (secondary N) is 1. The number of aromatic nitrogens is 1. The van der Waals surface area contributed by atoms with Crippen LogP contribution in [-0.4, -0.2) is 19.3 Å². The number of pyridine rings is 1. The largest absolute Gasteiger partial charge is 0.322 e. The van der Waals surface area contributed by atoms with Crippen LogP contribution < -0.4 is 10.5 Å². The maximum atomic E-state index is 12.0. The van der Waals surface area contributed by atoms with E-state index in [-0.39, 0.29) is 26.5 Å². The molecule has 1 aromatic heterocycles. The van der Waals surface area contributed by atoms with Crippen LogP contribution in [0.15, 0.2) is 41.3 Å². The van der Waals surface area contributed by atoms with Crippen LogP contribution in [0.25, 0.3) is 0 Å². The van der Waals surface area contributed by atoms with Crippen molar-refractivity contribution in [1.29, 1.82) is 0 Å². The first-order chi connectivity index (χ1) is 9.77. The number of benzene rings is 1. The molecule has 0 spiro atoms. The quantitative estimate of drug-likeness (QED) is 0.833. The maximum Gasteiger partial charge on any atom is 0.258 e.